The van der Waals surface area contributed by atoms with Crippen molar-refractivity contribution in [2.45, 2.75) is 26.8 Å². The molecule has 0 N–H and O–H groups in total. The van der Waals surface area contributed by atoms with Crippen LogP contribution < -0.4 is 0 Å². The van der Waals surface area contributed by atoms with Gasteiger partial charge in [-0.1, -0.05) is 44.2 Å². The van der Waals surface area contributed by atoms with E-state index in [1.807, 2.05) is 10.7 Å². The third-order valence-electron chi connectivity index (χ3n) is 2.50. The molecule has 0 aliphatic heterocycles. The molecule has 2 nitrogen and oxygen atoms in total. The summed E-state index contributed by atoms with van der Waals surface area (Å²) in [7, 11) is 0. The smallest absolute Gasteiger partial charge is 0.0659 e. The first-order valence-electron chi connectivity index (χ1n) is 5.80. The fourth-order valence-corrected chi connectivity index (χ4v) is 1.79. The molecule has 0 aliphatic rings. The van der Waals surface area contributed by atoms with Gasteiger partial charge >= 0.3 is 0 Å². The van der Waals surface area contributed by atoms with Crippen LogP contribution in [0.5, 0.6) is 0 Å². The molecular weight excluding hydrogens is 196 g/mol. The topological polar surface area (TPSA) is 17.8 Å². The van der Waals surface area contributed by atoms with Crippen LogP contribution in [0, 0.1) is 5.92 Å². The van der Waals surface area contributed by atoms with E-state index >= 15 is 0 Å². The zero-order valence-corrected chi connectivity index (χ0v) is 9.93. The monoisotopic (exact) mass is 214 g/mol. The van der Waals surface area contributed by atoms with Crippen LogP contribution in [0.3, 0.4) is 0 Å². The molecule has 0 atom stereocenters. The Labute approximate surface area is 96.9 Å². The molecular formula is C14H18N2. The van der Waals surface area contributed by atoms with Crippen molar-refractivity contribution < 1.29 is 0 Å². The van der Waals surface area contributed by atoms with Gasteiger partial charge in [-0.15, -0.1) is 0 Å². The zero-order valence-electron chi connectivity index (χ0n) is 9.93. The van der Waals surface area contributed by atoms with E-state index in [1.54, 1.807) is 0 Å². The van der Waals surface area contributed by atoms with Gasteiger partial charge in [0.2, 0.25) is 0 Å². The zero-order chi connectivity index (χ0) is 11.4. The Kier molecular flexibility index (Phi) is 3.40. The van der Waals surface area contributed by atoms with Gasteiger partial charge in [0.25, 0.3) is 0 Å². The standard InChI is InChI=1S/C14H18N2/c1-12(2)10-14-8-9-16(15-14)11-13-6-4-3-5-7-13/h3-9,12H,10-11H2,1-2H3. The van der Waals surface area contributed by atoms with Gasteiger partial charge in [-0.2, -0.15) is 5.10 Å². The van der Waals surface area contributed by atoms with E-state index in [1.165, 1.54) is 11.3 Å². The van der Waals surface area contributed by atoms with Crippen LogP contribution in [-0.2, 0) is 13.0 Å². The summed E-state index contributed by atoms with van der Waals surface area (Å²) in [4.78, 5) is 0. The minimum absolute atomic E-state index is 0.667. The molecule has 1 aromatic carbocycles. The van der Waals surface area contributed by atoms with Crippen LogP contribution in [-0.4, -0.2) is 9.78 Å². The molecule has 2 aromatic rings. The first kappa shape index (κ1) is 10.9. The Morgan fingerprint density at radius 3 is 2.56 bits per heavy atom. The van der Waals surface area contributed by atoms with Crippen molar-refractivity contribution in [3.63, 3.8) is 0 Å². The van der Waals surface area contributed by atoms with Gasteiger partial charge in [-0.3, -0.25) is 4.68 Å². The first-order valence-corrected chi connectivity index (χ1v) is 5.80. The molecule has 0 saturated heterocycles. The fourth-order valence-electron chi connectivity index (χ4n) is 1.79. The largest absolute Gasteiger partial charge is 0.268 e. The summed E-state index contributed by atoms with van der Waals surface area (Å²) in [6.45, 7) is 5.30. The van der Waals surface area contributed by atoms with Gasteiger partial charge < -0.3 is 0 Å². The molecule has 0 aliphatic carbocycles. The lowest BCUT2D eigenvalue weighted by molar-refractivity contribution is 0.608. The number of hydrogen-bond donors (Lipinski definition) is 0. The highest BCUT2D eigenvalue weighted by molar-refractivity contribution is 5.15. The Hall–Kier alpha value is -1.57. The maximum absolute atomic E-state index is 4.56. The van der Waals surface area contributed by atoms with E-state index in [-0.39, 0.29) is 0 Å². The third kappa shape index (κ3) is 2.96. The summed E-state index contributed by atoms with van der Waals surface area (Å²) in [5, 5.41) is 4.56. The quantitative estimate of drug-likeness (QED) is 0.764. The fraction of sp³-hybridized carbons (Fsp3) is 0.357. The van der Waals surface area contributed by atoms with E-state index in [0.717, 1.165) is 13.0 Å². The van der Waals surface area contributed by atoms with Crippen molar-refractivity contribution in [3.8, 4) is 0 Å². The van der Waals surface area contributed by atoms with Crippen molar-refractivity contribution >= 4 is 0 Å². The van der Waals surface area contributed by atoms with Crippen LogP contribution in [0.1, 0.15) is 25.1 Å². The summed E-state index contributed by atoms with van der Waals surface area (Å²) >= 11 is 0. The Balaban J connectivity index is 2.03. The molecule has 0 amide bonds. The summed E-state index contributed by atoms with van der Waals surface area (Å²) in [6, 6.07) is 12.5. The maximum Gasteiger partial charge on any atom is 0.0659 e. The Bertz CT molecular complexity index is 429. The summed E-state index contributed by atoms with van der Waals surface area (Å²) in [6.07, 6.45) is 3.12. The molecule has 0 saturated carbocycles. The van der Waals surface area contributed by atoms with Crippen LogP contribution in [0.25, 0.3) is 0 Å². The highest BCUT2D eigenvalue weighted by Crippen LogP contribution is 2.07. The van der Waals surface area contributed by atoms with Crippen molar-refractivity contribution in [2.75, 3.05) is 0 Å². The highest BCUT2D eigenvalue weighted by atomic mass is 15.3. The molecule has 84 valence electrons. The predicted octanol–water partition coefficient (Wildman–Crippen LogP) is 3.13. The molecule has 1 aromatic heterocycles. The van der Waals surface area contributed by atoms with E-state index in [9.17, 15) is 0 Å². The third-order valence-corrected chi connectivity index (χ3v) is 2.50. The summed E-state index contributed by atoms with van der Waals surface area (Å²) < 4.78 is 2.01. The predicted molar refractivity (Wildman–Crippen MR) is 66.3 cm³/mol. The lowest BCUT2D eigenvalue weighted by Crippen LogP contribution is -2.02. The van der Waals surface area contributed by atoms with Gasteiger partial charge in [-0.05, 0) is 24.0 Å². The lowest BCUT2D eigenvalue weighted by Gasteiger charge is -2.02. The number of benzene rings is 1. The van der Waals surface area contributed by atoms with Crippen LogP contribution >= 0.6 is 0 Å². The minimum Gasteiger partial charge on any atom is -0.268 e. The molecule has 2 rings (SSSR count). The van der Waals surface area contributed by atoms with Gasteiger partial charge in [0.1, 0.15) is 0 Å². The Morgan fingerprint density at radius 2 is 1.88 bits per heavy atom. The molecule has 1 heterocycles. The van der Waals surface area contributed by atoms with E-state index in [2.05, 4.69) is 55.5 Å². The SMILES string of the molecule is CC(C)Cc1ccn(Cc2ccccc2)n1. The molecule has 0 radical (unpaired) electrons. The first-order chi connectivity index (χ1) is 7.74. The van der Waals surface area contributed by atoms with Gasteiger partial charge in [0.05, 0.1) is 12.2 Å². The molecule has 0 fully saturated rings. The van der Waals surface area contributed by atoms with Gasteiger partial charge in [0, 0.05) is 6.20 Å². The van der Waals surface area contributed by atoms with E-state index in [4.69, 9.17) is 0 Å². The second-order valence-corrected chi connectivity index (χ2v) is 4.59. The lowest BCUT2D eigenvalue weighted by atomic mass is 10.1. The van der Waals surface area contributed by atoms with Crippen LogP contribution in [0.4, 0.5) is 0 Å². The van der Waals surface area contributed by atoms with Crippen LogP contribution in [0.15, 0.2) is 42.6 Å². The normalized spacial score (nSPS) is 10.9. The van der Waals surface area contributed by atoms with Crippen molar-refractivity contribution in [1.29, 1.82) is 0 Å². The van der Waals surface area contributed by atoms with Gasteiger partial charge in [0.15, 0.2) is 0 Å². The highest BCUT2D eigenvalue weighted by Gasteiger charge is 2.02. The van der Waals surface area contributed by atoms with Crippen molar-refractivity contribution in [2.24, 2.45) is 5.92 Å². The average molecular weight is 214 g/mol. The van der Waals surface area contributed by atoms with E-state index in [0.29, 0.717) is 5.92 Å². The average Bonchev–Trinajstić information content (AvgIpc) is 2.66. The number of hydrogen-bond acceptors (Lipinski definition) is 1. The molecule has 0 spiro atoms. The van der Waals surface area contributed by atoms with Gasteiger partial charge in [-0.25, -0.2) is 0 Å². The number of nitrogens with zero attached hydrogens (tertiary/aromatic N) is 2. The minimum atomic E-state index is 0.667. The summed E-state index contributed by atoms with van der Waals surface area (Å²) in [5.74, 6) is 0.667. The summed E-state index contributed by atoms with van der Waals surface area (Å²) in [5.41, 5.74) is 2.48. The molecule has 16 heavy (non-hydrogen) atoms. The molecule has 2 heteroatoms. The molecule has 0 bridgehead atoms. The number of rotatable bonds is 4. The van der Waals surface area contributed by atoms with Crippen molar-refractivity contribution in [3.05, 3.63) is 53.9 Å². The van der Waals surface area contributed by atoms with Crippen LogP contribution in [0.2, 0.25) is 0 Å². The number of aromatic nitrogens is 2. The molecule has 0 unspecified atom stereocenters. The maximum atomic E-state index is 4.56. The van der Waals surface area contributed by atoms with E-state index < -0.39 is 0 Å². The van der Waals surface area contributed by atoms with Crippen molar-refractivity contribution in [1.82, 2.24) is 9.78 Å². The Morgan fingerprint density at radius 1 is 1.12 bits per heavy atom. The second-order valence-electron chi connectivity index (χ2n) is 4.59. The second kappa shape index (κ2) is 4.97.